The quantitative estimate of drug-likeness (QED) is 0.0948. The molecule has 0 spiro atoms. The molecule has 0 amide bonds. The second-order valence-electron chi connectivity index (χ2n) is 18.4. The molecule has 0 N–H and O–H groups in total. The van der Waals surface area contributed by atoms with E-state index in [1.807, 2.05) is 0 Å². The predicted molar refractivity (Wildman–Crippen MR) is 289 cm³/mol. The fourth-order valence-corrected chi connectivity index (χ4v) is 15.9. The van der Waals surface area contributed by atoms with Gasteiger partial charge in [0.25, 0.3) is 0 Å². The zero-order chi connectivity index (χ0) is 46.0. The van der Waals surface area contributed by atoms with Crippen molar-refractivity contribution in [3.05, 3.63) is 205 Å². The first-order valence-corrected chi connectivity index (χ1v) is 26.5. The van der Waals surface area contributed by atoms with Gasteiger partial charge in [-0.15, -0.1) is 0 Å². The first-order chi connectivity index (χ1) is 29.8. The molecule has 64 heavy (non-hydrogen) atoms. The zero-order valence-corrected chi connectivity index (χ0v) is 46.8. The van der Waals surface area contributed by atoms with E-state index >= 15 is 0 Å². The maximum absolute atomic E-state index is 2.39. The standard InChI is InChI=1S/C24H27P.C20H27P.C16H18P.Na/c1-16-7-17(2)11-22(10-16)25(23-12-18(3)8-19(4)13-23)24-14-20(5)9-21(6)15-24;1-6-7-8-21(19-11-15(2)9-16(3)12-19)20-13-17(4)10-18(5)14-20;1-11-5-12(2)8-15(7-11)17-16-9-13(3)6-14(4)10-16;/h7-15H,1-6H3;9-14H,6-8H2,1-5H3;5-10H,1-4H3;/q;;-1;+1. The van der Waals surface area contributed by atoms with Gasteiger partial charge in [0, 0.05) is 0 Å². The van der Waals surface area contributed by atoms with Gasteiger partial charge in [0.15, 0.2) is 0 Å². The van der Waals surface area contributed by atoms with Crippen molar-refractivity contribution < 1.29 is 29.6 Å². The zero-order valence-electron chi connectivity index (χ0n) is 42.1. The summed E-state index contributed by atoms with van der Waals surface area (Å²) in [6.45, 7) is 33.0. The van der Waals surface area contributed by atoms with Gasteiger partial charge in [0.05, 0.1) is 0 Å². The first-order valence-electron chi connectivity index (χ1n) is 22.7. The molecular weight excluding hydrogens is 837 g/mol. The van der Waals surface area contributed by atoms with Gasteiger partial charge < -0.3 is 8.58 Å². The minimum Gasteiger partial charge on any atom is -0.472 e. The maximum Gasteiger partial charge on any atom is 1.00 e. The molecule has 0 aliphatic rings. The molecule has 0 unspecified atom stereocenters. The van der Waals surface area contributed by atoms with Crippen LogP contribution < -0.4 is 66.7 Å². The van der Waals surface area contributed by atoms with Crippen LogP contribution in [-0.4, -0.2) is 6.16 Å². The molecule has 0 nitrogen and oxygen atoms in total. The Morgan fingerprint density at radius 3 is 0.719 bits per heavy atom. The molecule has 0 aliphatic carbocycles. The minimum absolute atomic E-state index is 0. The van der Waals surface area contributed by atoms with Crippen LogP contribution in [0.4, 0.5) is 0 Å². The predicted octanol–water partition coefficient (Wildman–Crippen LogP) is 11.3. The van der Waals surface area contributed by atoms with E-state index in [1.165, 1.54) is 132 Å². The molecule has 4 heteroatoms. The van der Waals surface area contributed by atoms with Crippen LogP contribution in [0.1, 0.15) is 97.7 Å². The van der Waals surface area contributed by atoms with Gasteiger partial charge in [-0.1, -0.05) is 219 Å². The molecule has 0 aliphatic heterocycles. The Morgan fingerprint density at radius 1 is 0.297 bits per heavy atom. The summed E-state index contributed by atoms with van der Waals surface area (Å²) in [5.41, 5.74) is 19.0. The molecule has 0 atom stereocenters. The number of rotatable bonds is 10. The summed E-state index contributed by atoms with van der Waals surface area (Å²) in [7, 11) is 0.538. The Hall–Kier alpha value is -3.17. The van der Waals surface area contributed by atoms with E-state index in [0.29, 0.717) is 0 Å². The van der Waals surface area contributed by atoms with Gasteiger partial charge in [-0.3, -0.25) is 0 Å². The normalized spacial score (nSPS) is 10.8. The Balaban J connectivity index is 0.000000213. The summed E-state index contributed by atoms with van der Waals surface area (Å²) in [5.74, 6) is 0. The van der Waals surface area contributed by atoms with Crippen LogP contribution >= 0.6 is 24.4 Å². The van der Waals surface area contributed by atoms with Crippen molar-refractivity contribution in [3.63, 3.8) is 0 Å². The molecule has 0 bridgehead atoms. The second-order valence-corrected chi connectivity index (χ2v) is 24.2. The fraction of sp³-hybridized carbons (Fsp3) is 0.300. The van der Waals surface area contributed by atoms with Crippen molar-refractivity contribution >= 4 is 61.6 Å². The Kier molecular flexibility index (Phi) is 21.0. The fourth-order valence-electron chi connectivity index (χ4n) is 8.80. The van der Waals surface area contributed by atoms with E-state index in [4.69, 9.17) is 0 Å². The van der Waals surface area contributed by atoms with E-state index in [2.05, 4.69) is 231 Å². The van der Waals surface area contributed by atoms with Crippen LogP contribution in [0.15, 0.2) is 127 Å². The van der Waals surface area contributed by atoms with E-state index in [0.717, 1.165) is 0 Å². The van der Waals surface area contributed by atoms with Gasteiger partial charge in [-0.25, -0.2) is 0 Å². The van der Waals surface area contributed by atoms with Crippen LogP contribution in [0.3, 0.4) is 0 Å². The second kappa shape index (κ2) is 25.1. The van der Waals surface area contributed by atoms with Gasteiger partial charge in [-0.2, -0.15) is 10.6 Å². The molecule has 7 rings (SSSR count). The van der Waals surface area contributed by atoms with Crippen molar-refractivity contribution in [2.45, 2.75) is 117 Å². The summed E-state index contributed by atoms with van der Waals surface area (Å²) >= 11 is 0. The third-order valence-electron chi connectivity index (χ3n) is 10.8. The molecule has 0 heterocycles. The summed E-state index contributed by atoms with van der Waals surface area (Å²) in [6, 6.07) is 48.7. The molecule has 0 fully saturated rings. The molecule has 7 aromatic rings. The summed E-state index contributed by atoms with van der Waals surface area (Å²) in [4.78, 5) is 0. The number of hydrogen-bond donors (Lipinski definition) is 0. The average Bonchev–Trinajstić information content (AvgIpc) is 3.13. The van der Waals surface area contributed by atoms with E-state index in [-0.39, 0.29) is 37.5 Å². The first kappa shape index (κ1) is 53.4. The number of benzene rings is 7. The van der Waals surface area contributed by atoms with Crippen LogP contribution in [0.2, 0.25) is 0 Å². The van der Waals surface area contributed by atoms with Gasteiger partial charge >= 0.3 is 29.6 Å². The summed E-state index contributed by atoms with van der Waals surface area (Å²) < 4.78 is 0. The molecule has 0 saturated carbocycles. The number of unbranched alkanes of at least 4 members (excludes halogenated alkanes) is 1. The summed E-state index contributed by atoms with van der Waals surface area (Å²) in [6.07, 6.45) is 3.89. The van der Waals surface area contributed by atoms with Crippen LogP contribution in [-0.2, 0) is 0 Å². The van der Waals surface area contributed by atoms with E-state index in [9.17, 15) is 0 Å². The third-order valence-corrected chi connectivity index (χ3v) is 16.7. The molecule has 0 saturated heterocycles. The van der Waals surface area contributed by atoms with Crippen molar-refractivity contribution in [1.82, 2.24) is 0 Å². The van der Waals surface area contributed by atoms with Gasteiger partial charge in [0.2, 0.25) is 0 Å². The van der Waals surface area contributed by atoms with Crippen LogP contribution in [0.5, 0.6) is 0 Å². The third kappa shape index (κ3) is 16.6. The van der Waals surface area contributed by atoms with Gasteiger partial charge in [0.1, 0.15) is 0 Å². The summed E-state index contributed by atoms with van der Waals surface area (Å²) in [5, 5.41) is 10.2. The largest absolute Gasteiger partial charge is 1.00 e. The van der Waals surface area contributed by atoms with Crippen molar-refractivity contribution in [2.24, 2.45) is 0 Å². The van der Waals surface area contributed by atoms with E-state index < -0.39 is 7.92 Å². The van der Waals surface area contributed by atoms with Crippen LogP contribution in [0.25, 0.3) is 0 Å². The molecule has 0 radical (unpaired) electrons. The van der Waals surface area contributed by atoms with Gasteiger partial charge in [-0.05, 0) is 152 Å². The van der Waals surface area contributed by atoms with Crippen molar-refractivity contribution in [1.29, 1.82) is 0 Å². The van der Waals surface area contributed by atoms with Crippen molar-refractivity contribution in [3.8, 4) is 0 Å². The number of aryl methyl sites for hydroxylation is 14. The Labute approximate surface area is 416 Å². The van der Waals surface area contributed by atoms with Crippen molar-refractivity contribution in [2.75, 3.05) is 6.16 Å². The van der Waals surface area contributed by atoms with Crippen LogP contribution in [0, 0.1) is 96.9 Å². The SMILES string of the molecule is CCCCP(c1cc(C)cc(C)c1)c1cc(C)cc(C)c1.Cc1cc(C)cc(P(c2cc(C)cc(C)c2)c2cc(C)cc(C)c2)c1.Cc1cc(C)cc([P-]c2cc(C)cc(C)c2)c1.[Na+]. The molecule has 328 valence electrons. The smallest absolute Gasteiger partial charge is 0.472 e. The Morgan fingerprint density at radius 2 is 0.500 bits per heavy atom. The minimum atomic E-state index is -0.543. The molecule has 7 aromatic carbocycles. The maximum atomic E-state index is 2.39. The monoisotopic (exact) mass is 908 g/mol. The Bertz CT molecular complexity index is 2290. The topological polar surface area (TPSA) is 0 Å². The average molecular weight is 909 g/mol. The number of hydrogen-bond acceptors (Lipinski definition) is 0. The molecular formula is C60H72NaP3. The van der Waals surface area contributed by atoms with E-state index in [1.54, 1.807) is 10.6 Å². The molecule has 0 aromatic heterocycles.